The number of thiophene rings is 1. The van der Waals surface area contributed by atoms with Crippen LogP contribution in [0, 0.1) is 0 Å². The van der Waals surface area contributed by atoms with Crippen molar-refractivity contribution in [1.82, 2.24) is 4.98 Å². The van der Waals surface area contributed by atoms with Crippen molar-refractivity contribution in [2.45, 2.75) is 0 Å². The van der Waals surface area contributed by atoms with Gasteiger partial charge < -0.3 is 0 Å². The predicted molar refractivity (Wildman–Crippen MR) is 106 cm³/mol. The third-order valence-corrected chi connectivity index (χ3v) is 6.22. The average Bonchev–Trinajstić information content (AvgIpc) is 2.84. The molecule has 1 nitrogen and oxygen atoms in total. The molecular formula is C17H8Br3NS. The number of nitrogens with zero attached hydrogens (tertiary/aromatic N) is 1. The van der Waals surface area contributed by atoms with Crippen molar-refractivity contribution < 1.29 is 0 Å². The van der Waals surface area contributed by atoms with E-state index in [0.717, 1.165) is 19.2 Å². The van der Waals surface area contributed by atoms with Gasteiger partial charge in [0, 0.05) is 30.2 Å². The molecule has 0 unspecified atom stereocenters. The second kappa shape index (κ2) is 5.71. The Hall–Kier alpha value is -0.750. The van der Waals surface area contributed by atoms with E-state index in [1.165, 1.54) is 25.7 Å². The van der Waals surface area contributed by atoms with E-state index in [0.29, 0.717) is 0 Å². The molecule has 0 aliphatic rings. The van der Waals surface area contributed by atoms with E-state index in [1.54, 1.807) is 0 Å². The number of fused-ring (bicyclic) bond motifs is 3. The van der Waals surface area contributed by atoms with Crippen LogP contribution in [0.5, 0.6) is 0 Å². The highest BCUT2D eigenvalue weighted by atomic mass is 79.9. The minimum atomic E-state index is 0.821. The lowest BCUT2D eigenvalue weighted by atomic mass is 10.0. The summed E-state index contributed by atoms with van der Waals surface area (Å²) in [4.78, 5) is 4.33. The van der Waals surface area contributed by atoms with Gasteiger partial charge in [0.25, 0.3) is 0 Å². The van der Waals surface area contributed by atoms with Gasteiger partial charge in [-0.3, -0.25) is 0 Å². The van der Waals surface area contributed by atoms with Crippen molar-refractivity contribution in [2.75, 3.05) is 0 Å². The van der Waals surface area contributed by atoms with Crippen molar-refractivity contribution in [1.29, 1.82) is 0 Å². The zero-order valence-electron chi connectivity index (χ0n) is 11.1. The number of hydrogen-bond acceptors (Lipinski definition) is 2. The Morgan fingerprint density at radius 2 is 1.55 bits per heavy atom. The van der Waals surface area contributed by atoms with Crippen molar-refractivity contribution in [3.05, 3.63) is 62.2 Å². The van der Waals surface area contributed by atoms with Crippen LogP contribution in [0.1, 0.15) is 0 Å². The SMILES string of the molecule is Brc1cc(-c2c(Br)ccc3c2sc2ccccc23)cc(Br)n1. The number of hydrogen-bond donors (Lipinski definition) is 0. The van der Waals surface area contributed by atoms with E-state index in [2.05, 4.69) is 101 Å². The van der Waals surface area contributed by atoms with Gasteiger partial charge >= 0.3 is 0 Å². The van der Waals surface area contributed by atoms with E-state index in [1.807, 2.05) is 11.3 Å². The van der Waals surface area contributed by atoms with Crippen LogP contribution in [0.4, 0.5) is 0 Å². The van der Waals surface area contributed by atoms with Crippen LogP contribution in [0.25, 0.3) is 31.3 Å². The third kappa shape index (κ3) is 2.44. The molecule has 0 bridgehead atoms. The molecule has 22 heavy (non-hydrogen) atoms. The van der Waals surface area contributed by atoms with Crippen molar-refractivity contribution >= 4 is 79.3 Å². The molecule has 0 amide bonds. The molecule has 0 atom stereocenters. The zero-order valence-corrected chi connectivity index (χ0v) is 16.7. The lowest BCUT2D eigenvalue weighted by Crippen LogP contribution is -1.85. The quantitative estimate of drug-likeness (QED) is 0.250. The summed E-state index contributed by atoms with van der Waals surface area (Å²) < 4.78 is 5.34. The van der Waals surface area contributed by atoms with Crippen LogP contribution in [-0.2, 0) is 0 Å². The Kier molecular flexibility index (Phi) is 3.85. The van der Waals surface area contributed by atoms with E-state index >= 15 is 0 Å². The van der Waals surface area contributed by atoms with Crippen molar-refractivity contribution in [2.24, 2.45) is 0 Å². The summed E-state index contributed by atoms with van der Waals surface area (Å²) in [5.74, 6) is 0. The molecule has 2 aromatic heterocycles. The van der Waals surface area contributed by atoms with Gasteiger partial charge in [-0.25, -0.2) is 4.98 Å². The topological polar surface area (TPSA) is 12.9 Å². The Labute approximate surface area is 156 Å². The van der Waals surface area contributed by atoms with E-state index in [9.17, 15) is 0 Å². The van der Waals surface area contributed by atoms with Crippen LogP contribution in [-0.4, -0.2) is 4.98 Å². The first-order valence-electron chi connectivity index (χ1n) is 6.57. The second-order valence-electron chi connectivity index (χ2n) is 4.90. The normalized spacial score (nSPS) is 11.4. The predicted octanol–water partition coefficient (Wildman–Crippen LogP) is 7.40. The van der Waals surface area contributed by atoms with Gasteiger partial charge in [-0.1, -0.05) is 40.2 Å². The summed E-state index contributed by atoms with van der Waals surface area (Å²) in [6.45, 7) is 0. The van der Waals surface area contributed by atoms with Gasteiger partial charge in [0.1, 0.15) is 9.21 Å². The summed E-state index contributed by atoms with van der Waals surface area (Å²) in [6.07, 6.45) is 0. The maximum atomic E-state index is 4.33. The molecule has 0 saturated heterocycles. The lowest BCUT2D eigenvalue weighted by molar-refractivity contribution is 1.23. The fourth-order valence-electron chi connectivity index (χ4n) is 2.64. The molecular weight excluding hydrogens is 490 g/mol. The largest absolute Gasteiger partial charge is 0.234 e. The van der Waals surface area contributed by atoms with Gasteiger partial charge in [-0.05, 0) is 61.7 Å². The molecule has 0 radical (unpaired) electrons. The summed E-state index contributed by atoms with van der Waals surface area (Å²) in [6, 6.07) is 17.0. The lowest BCUT2D eigenvalue weighted by Gasteiger charge is -2.08. The van der Waals surface area contributed by atoms with Gasteiger partial charge in [-0.2, -0.15) is 0 Å². The molecule has 0 aliphatic heterocycles. The van der Waals surface area contributed by atoms with Crippen LogP contribution < -0.4 is 0 Å². The first kappa shape index (κ1) is 14.8. The summed E-state index contributed by atoms with van der Waals surface area (Å²) >= 11 is 12.5. The number of pyridine rings is 1. The highest BCUT2D eigenvalue weighted by Crippen LogP contribution is 2.43. The fourth-order valence-corrected chi connectivity index (χ4v) is 5.72. The Morgan fingerprint density at radius 1 is 0.818 bits per heavy atom. The van der Waals surface area contributed by atoms with Crippen LogP contribution in [0.2, 0.25) is 0 Å². The number of halogens is 3. The molecule has 0 N–H and O–H groups in total. The molecule has 2 heterocycles. The third-order valence-electron chi connectivity index (χ3n) is 3.55. The van der Waals surface area contributed by atoms with Gasteiger partial charge in [0.15, 0.2) is 0 Å². The Balaban J connectivity index is 2.14. The van der Waals surface area contributed by atoms with Gasteiger partial charge in [-0.15, -0.1) is 11.3 Å². The maximum Gasteiger partial charge on any atom is 0.108 e. The molecule has 5 heteroatoms. The zero-order chi connectivity index (χ0) is 15.3. The summed E-state index contributed by atoms with van der Waals surface area (Å²) in [5, 5.41) is 2.60. The smallest absolute Gasteiger partial charge is 0.108 e. The minimum Gasteiger partial charge on any atom is -0.234 e. The fraction of sp³-hybridized carbons (Fsp3) is 0. The number of aromatic nitrogens is 1. The molecule has 0 saturated carbocycles. The first-order valence-corrected chi connectivity index (χ1v) is 9.76. The van der Waals surface area contributed by atoms with Crippen LogP contribution in [0.3, 0.4) is 0 Å². The van der Waals surface area contributed by atoms with E-state index < -0.39 is 0 Å². The molecule has 0 spiro atoms. The van der Waals surface area contributed by atoms with E-state index in [4.69, 9.17) is 0 Å². The summed E-state index contributed by atoms with van der Waals surface area (Å²) in [5.41, 5.74) is 2.35. The highest BCUT2D eigenvalue weighted by molar-refractivity contribution is 9.11. The molecule has 4 aromatic rings. The van der Waals surface area contributed by atoms with E-state index in [-0.39, 0.29) is 0 Å². The molecule has 2 aromatic carbocycles. The van der Waals surface area contributed by atoms with Crippen LogP contribution in [0.15, 0.2) is 62.2 Å². The number of benzene rings is 2. The molecule has 4 rings (SSSR count). The average molecular weight is 498 g/mol. The van der Waals surface area contributed by atoms with Crippen molar-refractivity contribution in [3.63, 3.8) is 0 Å². The first-order chi connectivity index (χ1) is 10.6. The Morgan fingerprint density at radius 3 is 2.32 bits per heavy atom. The highest BCUT2D eigenvalue weighted by Gasteiger charge is 2.14. The second-order valence-corrected chi connectivity index (χ2v) is 8.43. The molecule has 108 valence electrons. The maximum absolute atomic E-state index is 4.33. The van der Waals surface area contributed by atoms with Crippen LogP contribution >= 0.6 is 59.1 Å². The van der Waals surface area contributed by atoms with Gasteiger partial charge in [0.05, 0.1) is 0 Å². The van der Waals surface area contributed by atoms with Gasteiger partial charge in [0.2, 0.25) is 0 Å². The van der Waals surface area contributed by atoms with Crippen molar-refractivity contribution in [3.8, 4) is 11.1 Å². The minimum absolute atomic E-state index is 0.821. The Bertz CT molecular complexity index is 1000. The molecule has 0 aliphatic carbocycles. The number of rotatable bonds is 1. The summed E-state index contributed by atoms with van der Waals surface area (Å²) in [7, 11) is 0. The monoisotopic (exact) mass is 495 g/mol. The molecule has 0 fully saturated rings. The standard InChI is InChI=1S/C17H8Br3NS/c18-12-6-5-11-10-3-1-2-4-13(10)22-17(11)16(12)9-7-14(19)21-15(20)8-9/h1-8H.